The van der Waals surface area contributed by atoms with Gasteiger partial charge in [-0.2, -0.15) is 0 Å². The Bertz CT molecular complexity index is 571. The van der Waals surface area contributed by atoms with E-state index in [9.17, 15) is 14.2 Å². The van der Waals surface area contributed by atoms with Gasteiger partial charge in [-0.25, -0.2) is 4.79 Å². The molecule has 1 unspecified atom stereocenters. The lowest BCUT2D eigenvalue weighted by Gasteiger charge is -2.19. The highest BCUT2D eigenvalue weighted by atomic mass is 31.2. The summed E-state index contributed by atoms with van der Waals surface area (Å²) in [6.45, 7) is 3.21. The summed E-state index contributed by atoms with van der Waals surface area (Å²) < 4.78 is 16.8. The van der Waals surface area contributed by atoms with Crippen LogP contribution in [0, 0.1) is 6.92 Å². The minimum atomic E-state index is -4.30. The third-order valence-corrected chi connectivity index (χ3v) is 2.73. The van der Waals surface area contributed by atoms with Crippen LogP contribution in [-0.2, 0) is 9.30 Å². The number of aromatic amines is 1. The quantitative estimate of drug-likeness (QED) is 0.647. The Kier molecular flexibility index (Phi) is 4.64. The lowest BCUT2D eigenvalue weighted by atomic mass is 10.3. The van der Waals surface area contributed by atoms with E-state index in [-0.39, 0.29) is 0 Å². The van der Waals surface area contributed by atoms with Crippen LogP contribution in [0.2, 0.25) is 0 Å². The first-order valence-electron chi connectivity index (χ1n) is 5.23. The summed E-state index contributed by atoms with van der Waals surface area (Å²) in [5, 5.41) is 0. The molecular weight excluding hydrogens is 263 g/mol. The normalized spacial score (nSPS) is 13.6. The van der Waals surface area contributed by atoms with Crippen molar-refractivity contribution in [2.75, 3.05) is 6.35 Å². The summed E-state index contributed by atoms with van der Waals surface area (Å²) in [6.07, 6.45) is 0.0111. The van der Waals surface area contributed by atoms with Crippen LogP contribution in [0.15, 0.2) is 15.8 Å². The number of rotatable bonds is 5. The molecule has 0 aromatic carbocycles. The Morgan fingerprint density at radius 3 is 2.61 bits per heavy atom. The molecule has 0 aliphatic rings. The largest absolute Gasteiger partial charge is 0.351 e. The first-order chi connectivity index (χ1) is 8.24. The van der Waals surface area contributed by atoms with Gasteiger partial charge in [0.1, 0.15) is 6.23 Å². The zero-order valence-electron chi connectivity index (χ0n) is 9.99. The maximum absolute atomic E-state index is 11.6. The van der Waals surface area contributed by atoms with Gasteiger partial charge in [0.05, 0.1) is 0 Å². The Balaban J connectivity index is 3.03. The summed E-state index contributed by atoms with van der Waals surface area (Å²) in [7, 11) is -4.30. The molecule has 1 aromatic heterocycles. The minimum Gasteiger partial charge on any atom is -0.345 e. The topological polar surface area (TPSA) is 122 Å². The summed E-state index contributed by atoms with van der Waals surface area (Å²) in [5.74, 6) is 0. The molecule has 0 bridgehead atoms. The van der Waals surface area contributed by atoms with Crippen molar-refractivity contribution in [1.82, 2.24) is 9.55 Å². The van der Waals surface area contributed by atoms with Gasteiger partial charge in [0.25, 0.3) is 5.56 Å². The second-order valence-corrected chi connectivity index (χ2v) is 5.39. The van der Waals surface area contributed by atoms with Crippen molar-refractivity contribution in [2.24, 2.45) is 0 Å². The third kappa shape index (κ3) is 3.92. The van der Waals surface area contributed by atoms with Crippen LogP contribution in [-0.4, -0.2) is 25.7 Å². The fourth-order valence-corrected chi connectivity index (χ4v) is 1.74. The molecule has 102 valence electrons. The van der Waals surface area contributed by atoms with Gasteiger partial charge in [0.2, 0.25) is 0 Å². The molecule has 18 heavy (non-hydrogen) atoms. The van der Waals surface area contributed by atoms with Crippen molar-refractivity contribution < 1.29 is 19.1 Å². The second-order valence-electron chi connectivity index (χ2n) is 3.80. The molecule has 1 atom stereocenters. The van der Waals surface area contributed by atoms with E-state index in [0.717, 1.165) is 4.57 Å². The van der Waals surface area contributed by atoms with Crippen LogP contribution in [0.4, 0.5) is 0 Å². The van der Waals surface area contributed by atoms with Gasteiger partial charge in [-0.3, -0.25) is 18.9 Å². The molecule has 1 rings (SSSR count). The molecular formula is C9H15N2O6P. The van der Waals surface area contributed by atoms with E-state index in [1.807, 2.05) is 0 Å². The Morgan fingerprint density at radius 2 is 2.11 bits per heavy atom. The van der Waals surface area contributed by atoms with Gasteiger partial charge >= 0.3 is 13.3 Å². The second kappa shape index (κ2) is 5.62. The first kappa shape index (κ1) is 14.8. The fourth-order valence-electron chi connectivity index (χ4n) is 1.38. The summed E-state index contributed by atoms with van der Waals surface area (Å²) in [6, 6.07) is 0. The van der Waals surface area contributed by atoms with Crippen LogP contribution >= 0.6 is 7.60 Å². The maximum atomic E-state index is 11.6. The minimum absolute atomic E-state index is 0.313. The van der Waals surface area contributed by atoms with Gasteiger partial charge < -0.3 is 14.5 Å². The van der Waals surface area contributed by atoms with Crippen molar-refractivity contribution in [3.05, 3.63) is 32.6 Å². The Labute approximate surface area is 102 Å². The Hall–Kier alpha value is -1.21. The van der Waals surface area contributed by atoms with Crippen LogP contribution in [0.5, 0.6) is 0 Å². The number of nitrogens with zero attached hydrogens (tertiary/aromatic N) is 1. The van der Waals surface area contributed by atoms with E-state index in [1.165, 1.54) is 13.1 Å². The molecule has 0 aliphatic heterocycles. The predicted octanol–water partition coefficient (Wildman–Crippen LogP) is -0.0946. The average Bonchev–Trinajstić information content (AvgIpc) is 2.24. The van der Waals surface area contributed by atoms with Gasteiger partial charge in [0, 0.05) is 11.8 Å². The highest BCUT2D eigenvalue weighted by Crippen LogP contribution is 2.35. The van der Waals surface area contributed by atoms with E-state index in [2.05, 4.69) is 4.98 Å². The molecule has 1 aromatic rings. The summed E-state index contributed by atoms with van der Waals surface area (Å²) in [5.41, 5.74) is -0.864. The van der Waals surface area contributed by atoms with E-state index in [1.54, 1.807) is 6.92 Å². The van der Waals surface area contributed by atoms with E-state index >= 15 is 0 Å². The lowest BCUT2D eigenvalue weighted by molar-refractivity contribution is 0.0156. The average molecular weight is 278 g/mol. The highest BCUT2D eigenvalue weighted by molar-refractivity contribution is 7.51. The molecule has 1 heterocycles. The van der Waals surface area contributed by atoms with Crippen molar-refractivity contribution >= 4 is 7.60 Å². The van der Waals surface area contributed by atoms with Crippen LogP contribution in [0.25, 0.3) is 0 Å². The number of aromatic nitrogens is 2. The third-order valence-electron chi connectivity index (χ3n) is 2.24. The number of H-pyrrole nitrogens is 1. The van der Waals surface area contributed by atoms with E-state index < -0.39 is 31.4 Å². The zero-order chi connectivity index (χ0) is 13.9. The van der Waals surface area contributed by atoms with E-state index in [0.29, 0.717) is 12.0 Å². The standard InChI is InChI=1S/C9H15N2O6P/c1-3-7(17-5-18(14,15)16)11-4-6(2)8(12)10-9(11)13/h4,7H,3,5H2,1-2H3,(H,10,12,13)(H2,14,15,16). The number of ether oxygens (including phenoxy) is 1. The van der Waals surface area contributed by atoms with Gasteiger partial charge in [0.15, 0.2) is 6.35 Å². The monoisotopic (exact) mass is 278 g/mol. The zero-order valence-corrected chi connectivity index (χ0v) is 10.9. The number of nitrogens with one attached hydrogen (secondary N) is 1. The van der Waals surface area contributed by atoms with Crippen LogP contribution < -0.4 is 11.2 Å². The molecule has 0 amide bonds. The molecule has 0 aliphatic carbocycles. The van der Waals surface area contributed by atoms with Crippen LogP contribution in [0.1, 0.15) is 25.1 Å². The number of hydrogen-bond donors (Lipinski definition) is 3. The fraction of sp³-hybridized carbons (Fsp3) is 0.556. The molecule has 0 fully saturated rings. The van der Waals surface area contributed by atoms with E-state index in [4.69, 9.17) is 14.5 Å². The molecule has 3 N–H and O–H groups in total. The maximum Gasteiger partial charge on any atom is 0.351 e. The highest BCUT2D eigenvalue weighted by Gasteiger charge is 2.19. The molecule has 0 saturated heterocycles. The van der Waals surface area contributed by atoms with Gasteiger partial charge in [-0.05, 0) is 13.3 Å². The number of hydrogen-bond acceptors (Lipinski definition) is 4. The molecule has 0 saturated carbocycles. The van der Waals surface area contributed by atoms with Crippen molar-refractivity contribution in [1.29, 1.82) is 0 Å². The van der Waals surface area contributed by atoms with Crippen molar-refractivity contribution in [2.45, 2.75) is 26.5 Å². The van der Waals surface area contributed by atoms with Crippen molar-refractivity contribution in [3.63, 3.8) is 0 Å². The van der Waals surface area contributed by atoms with Gasteiger partial charge in [-0.1, -0.05) is 6.92 Å². The molecule has 9 heteroatoms. The molecule has 0 spiro atoms. The smallest absolute Gasteiger partial charge is 0.345 e. The lowest BCUT2D eigenvalue weighted by Crippen LogP contribution is -2.34. The number of aryl methyl sites for hydroxylation is 1. The molecule has 0 radical (unpaired) electrons. The van der Waals surface area contributed by atoms with Gasteiger partial charge in [-0.15, -0.1) is 0 Å². The SMILES string of the molecule is CCC(OCP(=O)(O)O)n1cc(C)c(=O)[nH]c1=O. The Morgan fingerprint density at radius 1 is 1.50 bits per heavy atom. The van der Waals surface area contributed by atoms with Crippen molar-refractivity contribution in [3.8, 4) is 0 Å². The summed E-state index contributed by atoms with van der Waals surface area (Å²) in [4.78, 5) is 42.3. The first-order valence-corrected chi connectivity index (χ1v) is 7.02. The predicted molar refractivity (Wildman–Crippen MR) is 63.4 cm³/mol. The molecule has 8 nitrogen and oxygen atoms in total. The van der Waals surface area contributed by atoms with Crippen LogP contribution in [0.3, 0.4) is 0 Å². The summed E-state index contributed by atoms with van der Waals surface area (Å²) >= 11 is 0.